The summed E-state index contributed by atoms with van der Waals surface area (Å²) in [4.78, 5) is 0. The number of aliphatic hydroxyl groups is 1. The van der Waals surface area contributed by atoms with Crippen molar-refractivity contribution in [1.82, 2.24) is 9.78 Å². The Morgan fingerprint density at radius 2 is 1.90 bits per heavy atom. The number of hydrogen-bond donors (Lipinski definition) is 1. The van der Waals surface area contributed by atoms with Crippen LogP contribution in [0, 0.1) is 0 Å². The van der Waals surface area contributed by atoms with Gasteiger partial charge in [0, 0.05) is 26.3 Å². The number of hydrogen-bond acceptors (Lipinski definition) is 2. The molecule has 0 amide bonds. The highest BCUT2D eigenvalue weighted by Gasteiger charge is 2.36. The van der Waals surface area contributed by atoms with Crippen LogP contribution in [-0.2, 0) is 32.7 Å². The third-order valence-electron chi connectivity index (χ3n) is 4.16. The molecule has 0 aliphatic heterocycles. The van der Waals surface area contributed by atoms with Crippen molar-refractivity contribution in [1.29, 1.82) is 0 Å². The van der Waals surface area contributed by atoms with Crippen LogP contribution in [-0.4, -0.2) is 20.5 Å². The van der Waals surface area contributed by atoms with Gasteiger partial charge in [-0.3, -0.25) is 4.68 Å². The minimum absolute atomic E-state index is 0.546. The molecular formula is C16H19ClN2O. The maximum absolute atomic E-state index is 10.9. The topological polar surface area (TPSA) is 38.0 Å². The molecule has 1 heterocycles. The van der Waals surface area contributed by atoms with Crippen LogP contribution in [0.15, 0.2) is 24.3 Å². The van der Waals surface area contributed by atoms with E-state index >= 15 is 0 Å². The summed E-state index contributed by atoms with van der Waals surface area (Å²) < 4.78 is 1.81. The van der Waals surface area contributed by atoms with E-state index in [4.69, 9.17) is 11.6 Å². The highest BCUT2D eigenvalue weighted by atomic mass is 35.5. The Hall–Kier alpha value is -1.32. The van der Waals surface area contributed by atoms with Gasteiger partial charge in [-0.1, -0.05) is 42.8 Å². The Morgan fingerprint density at radius 3 is 2.40 bits per heavy atom. The molecule has 0 atom stereocenters. The van der Waals surface area contributed by atoms with E-state index < -0.39 is 5.60 Å². The number of benzene rings is 1. The molecule has 0 unspecified atom stereocenters. The second kappa shape index (κ2) is 4.90. The maximum Gasteiger partial charge on any atom is 0.0850 e. The first-order valence-corrected chi connectivity index (χ1v) is 7.39. The fourth-order valence-corrected chi connectivity index (χ4v) is 3.48. The lowest BCUT2D eigenvalue weighted by Crippen LogP contribution is -2.33. The van der Waals surface area contributed by atoms with Gasteiger partial charge in [0.1, 0.15) is 0 Å². The molecule has 20 heavy (non-hydrogen) atoms. The van der Waals surface area contributed by atoms with Gasteiger partial charge in [-0.15, -0.1) is 0 Å². The lowest BCUT2D eigenvalue weighted by Gasteiger charge is -2.22. The summed E-state index contributed by atoms with van der Waals surface area (Å²) in [7, 11) is 1.89. The number of aromatic nitrogens is 2. The number of rotatable bonds is 3. The van der Waals surface area contributed by atoms with Gasteiger partial charge in [0.25, 0.3) is 0 Å². The number of fused-ring (bicyclic) bond motifs is 1. The summed E-state index contributed by atoms with van der Waals surface area (Å²) in [6.45, 7) is 2.04. The standard InChI is InChI=1S/C16H19ClN2O/c1-3-13-15(17)14(19(2)18-13)10-16(20)8-11-6-4-5-7-12(11)9-16/h4-7,20H,3,8-10H2,1-2H3. The lowest BCUT2D eigenvalue weighted by atomic mass is 9.94. The van der Waals surface area contributed by atoms with Crippen molar-refractivity contribution in [3.8, 4) is 0 Å². The second-order valence-corrected chi connectivity index (χ2v) is 6.09. The summed E-state index contributed by atoms with van der Waals surface area (Å²) >= 11 is 6.39. The van der Waals surface area contributed by atoms with Gasteiger partial charge < -0.3 is 5.11 Å². The zero-order valence-corrected chi connectivity index (χ0v) is 12.6. The van der Waals surface area contributed by atoms with E-state index in [1.54, 1.807) is 0 Å². The molecule has 0 radical (unpaired) electrons. The van der Waals surface area contributed by atoms with Crippen molar-refractivity contribution in [2.75, 3.05) is 0 Å². The fraction of sp³-hybridized carbons (Fsp3) is 0.438. The molecule has 4 heteroatoms. The van der Waals surface area contributed by atoms with Gasteiger partial charge in [0.05, 0.1) is 22.0 Å². The minimum atomic E-state index is -0.744. The van der Waals surface area contributed by atoms with Crippen molar-refractivity contribution in [3.05, 3.63) is 51.8 Å². The van der Waals surface area contributed by atoms with Crippen LogP contribution in [0.3, 0.4) is 0 Å². The molecule has 2 aromatic rings. The van der Waals surface area contributed by atoms with E-state index in [1.807, 2.05) is 30.8 Å². The second-order valence-electron chi connectivity index (χ2n) is 5.71. The van der Waals surface area contributed by atoms with E-state index in [0.717, 1.165) is 17.8 Å². The minimum Gasteiger partial charge on any atom is -0.389 e. The van der Waals surface area contributed by atoms with Gasteiger partial charge in [-0.25, -0.2) is 0 Å². The number of aryl methyl sites for hydroxylation is 2. The smallest absolute Gasteiger partial charge is 0.0850 e. The lowest BCUT2D eigenvalue weighted by molar-refractivity contribution is 0.0499. The van der Waals surface area contributed by atoms with Crippen LogP contribution in [0.5, 0.6) is 0 Å². The Balaban J connectivity index is 1.88. The van der Waals surface area contributed by atoms with Crippen LogP contribution in [0.1, 0.15) is 29.4 Å². The quantitative estimate of drug-likeness (QED) is 0.944. The monoisotopic (exact) mass is 290 g/mol. The number of halogens is 1. The molecule has 0 saturated heterocycles. The van der Waals surface area contributed by atoms with E-state index in [0.29, 0.717) is 24.3 Å². The fourth-order valence-electron chi connectivity index (χ4n) is 3.12. The molecule has 3 rings (SSSR count). The summed E-state index contributed by atoms with van der Waals surface area (Å²) in [5.41, 5.74) is 3.57. The zero-order valence-electron chi connectivity index (χ0n) is 11.9. The first-order valence-electron chi connectivity index (χ1n) is 7.02. The first kappa shape index (κ1) is 13.7. The molecule has 106 valence electrons. The molecule has 0 spiro atoms. The van der Waals surface area contributed by atoms with E-state index in [1.165, 1.54) is 11.1 Å². The largest absolute Gasteiger partial charge is 0.389 e. The molecule has 1 aromatic heterocycles. The summed E-state index contributed by atoms with van der Waals surface area (Å²) in [5.74, 6) is 0. The molecular weight excluding hydrogens is 272 g/mol. The Labute approximate surface area is 124 Å². The average Bonchev–Trinajstić information content (AvgIpc) is 2.89. The third-order valence-corrected chi connectivity index (χ3v) is 4.59. The third kappa shape index (κ3) is 2.25. The van der Waals surface area contributed by atoms with Crippen molar-refractivity contribution in [2.24, 2.45) is 7.05 Å². The summed E-state index contributed by atoms with van der Waals surface area (Å²) in [5, 5.41) is 16.0. The molecule has 3 nitrogen and oxygen atoms in total. The molecule has 1 aliphatic carbocycles. The van der Waals surface area contributed by atoms with Gasteiger partial charge in [0.15, 0.2) is 0 Å². The molecule has 1 N–H and O–H groups in total. The van der Waals surface area contributed by atoms with Gasteiger partial charge >= 0.3 is 0 Å². The van der Waals surface area contributed by atoms with Crippen molar-refractivity contribution < 1.29 is 5.11 Å². The highest BCUT2D eigenvalue weighted by Crippen LogP contribution is 2.34. The Morgan fingerprint density at radius 1 is 1.30 bits per heavy atom. The maximum atomic E-state index is 10.9. The van der Waals surface area contributed by atoms with Gasteiger partial charge in [-0.05, 0) is 17.5 Å². The Bertz CT molecular complexity index is 623. The normalized spacial score (nSPS) is 16.4. The molecule has 1 aliphatic rings. The highest BCUT2D eigenvalue weighted by molar-refractivity contribution is 6.31. The molecule has 0 fully saturated rings. The van der Waals surface area contributed by atoms with E-state index in [9.17, 15) is 5.11 Å². The summed E-state index contributed by atoms with van der Waals surface area (Å²) in [6.07, 6.45) is 2.73. The SMILES string of the molecule is CCc1nn(C)c(CC2(O)Cc3ccccc3C2)c1Cl. The molecule has 1 aromatic carbocycles. The van der Waals surface area contributed by atoms with E-state index in [-0.39, 0.29) is 0 Å². The zero-order chi connectivity index (χ0) is 14.3. The van der Waals surface area contributed by atoms with Crippen molar-refractivity contribution in [2.45, 2.75) is 38.2 Å². The van der Waals surface area contributed by atoms with Gasteiger partial charge in [0.2, 0.25) is 0 Å². The first-order chi connectivity index (χ1) is 9.52. The van der Waals surface area contributed by atoms with Crippen LogP contribution in [0.25, 0.3) is 0 Å². The molecule has 0 bridgehead atoms. The predicted octanol–water partition coefficient (Wildman–Crippen LogP) is 2.71. The van der Waals surface area contributed by atoms with Gasteiger partial charge in [-0.2, -0.15) is 5.10 Å². The number of nitrogens with zero attached hydrogens (tertiary/aromatic N) is 2. The molecule has 0 saturated carbocycles. The van der Waals surface area contributed by atoms with Crippen molar-refractivity contribution >= 4 is 11.6 Å². The predicted molar refractivity (Wildman–Crippen MR) is 80.1 cm³/mol. The van der Waals surface area contributed by atoms with Crippen LogP contribution >= 0.6 is 11.6 Å². The van der Waals surface area contributed by atoms with E-state index in [2.05, 4.69) is 17.2 Å². The van der Waals surface area contributed by atoms with Crippen molar-refractivity contribution in [3.63, 3.8) is 0 Å². The average molecular weight is 291 g/mol. The Kier molecular flexibility index (Phi) is 3.35. The van der Waals surface area contributed by atoms with Crippen LogP contribution in [0.4, 0.5) is 0 Å². The summed E-state index contributed by atoms with van der Waals surface area (Å²) in [6, 6.07) is 8.23. The van der Waals surface area contributed by atoms with Crippen LogP contribution in [0.2, 0.25) is 5.02 Å². The van der Waals surface area contributed by atoms with Crippen LogP contribution < -0.4 is 0 Å².